The molecule has 0 spiro atoms. The fraction of sp³-hybridized carbons (Fsp3) is 0.278. The third kappa shape index (κ3) is 2.40. The maximum absolute atomic E-state index is 11.7. The number of aryl methyl sites for hydroxylation is 1. The average Bonchev–Trinajstić information content (AvgIpc) is 2.98. The first kappa shape index (κ1) is 14.7. The van der Waals surface area contributed by atoms with E-state index in [0.29, 0.717) is 12.1 Å². The molecule has 1 amide bonds. The fourth-order valence-electron chi connectivity index (χ4n) is 3.43. The van der Waals surface area contributed by atoms with Crippen LogP contribution in [0.2, 0.25) is 0 Å². The van der Waals surface area contributed by atoms with Gasteiger partial charge in [-0.3, -0.25) is 4.79 Å². The molecule has 0 bridgehead atoms. The number of imidazole rings is 1. The molecule has 2 aromatic heterocycles. The molecule has 0 saturated heterocycles. The van der Waals surface area contributed by atoms with Crippen molar-refractivity contribution in [2.45, 2.75) is 26.3 Å². The molecule has 1 aliphatic rings. The number of pyridine rings is 1. The summed E-state index contributed by atoms with van der Waals surface area (Å²) < 4.78 is 0. The molecule has 0 fully saturated rings. The quantitative estimate of drug-likeness (QED) is 0.775. The van der Waals surface area contributed by atoms with Gasteiger partial charge in [0, 0.05) is 24.0 Å². The zero-order valence-electron chi connectivity index (χ0n) is 13.5. The number of nitrogens with two attached hydrogens (primary N) is 1. The highest BCUT2D eigenvalue weighted by atomic mass is 16.1. The number of aromatic nitrogens is 3. The van der Waals surface area contributed by atoms with Crippen molar-refractivity contribution in [2.75, 3.05) is 11.4 Å². The second-order valence-corrected chi connectivity index (χ2v) is 6.20. The van der Waals surface area contributed by atoms with Crippen LogP contribution in [0.4, 0.5) is 5.69 Å². The van der Waals surface area contributed by atoms with Crippen LogP contribution in [0.3, 0.4) is 0 Å². The molecule has 6 nitrogen and oxygen atoms in total. The number of anilines is 1. The van der Waals surface area contributed by atoms with Gasteiger partial charge in [0.2, 0.25) is 5.91 Å². The third-order valence-corrected chi connectivity index (χ3v) is 4.60. The Hall–Kier alpha value is -2.89. The van der Waals surface area contributed by atoms with Crippen LogP contribution in [0.1, 0.15) is 33.7 Å². The summed E-state index contributed by atoms with van der Waals surface area (Å²) in [6.07, 6.45) is 3.65. The van der Waals surface area contributed by atoms with Crippen molar-refractivity contribution >= 4 is 22.8 Å². The molecule has 0 unspecified atom stereocenters. The molecule has 1 aromatic carbocycles. The molecular formula is C18H19N5O. The average molecular weight is 321 g/mol. The van der Waals surface area contributed by atoms with Gasteiger partial charge in [0.25, 0.3) is 0 Å². The van der Waals surface area contributed by atoms with E-state index < -0.39 is 0 Å². The van der Waals surface area contributed by atoms with Crippen molar-refractivity contribution in [3.05, 3.63) is 53.0 Å². The SMILES string of the molecule is Cc1ccnc2nc(CN3CCCc4c(C(N)=O)cccc43)[nH]c12. The number of hydrogen-bond donors (Lipinski definition) is 2. The zero-order chi connectivity index (χ0) is 16.7. The minimum Gasteiger partial charge on any atom is -0.366 e. The van der Waals surface area contributed by atoms with Crippen LogP contribution >= 0.6 is 0 Å². The summed E-state index contributed by atoms with van der Waals surface area (Å²) in [5, 5.41) is 0. The van der Waals surface area contributed by atoms with Crippen LogP contribution in [0.25, 0.3) is 11.2 Å². The fourth-order valence-corrected chi connectivity index (χ4v) is 3.43. The first-order valence-corrected chi connectivity index (χ1v) is 8.10. The summed E-state index contributed by atoms with van der Waals surface area (Å²) in [4.78, 5) is 26.2. The lowest BCUT2D eigenvalue weighted by molar-refractivity contribution is 0.0999. The summed E-state index contributed by atoms with van der Waals surface area (Å²) in [5.41, 5.74) is 11.1. The van der Waals surface area contributed by atoms with Gasteiger partial charge in [-0.2, -0.15) is 0 Å². The Morgan fingerprint density at radius 2 is 2.25 bits per heavy atom. The van der Waals surface area contributed by atoms with Gasteiger partial charge in [-0.15, -0.1) is 0 Å². The van der Waals surface area contributed by atoms with Crippen molar-refractivity contribution in [1.29, 1.82) is 0 Å². The van der Waals surface area contributed by atoms with E-state index in [1.165, 1.54) is 0 Å². The summed E-state index contributed by atoms with van der Waals surface area (Å²) >= 11 is 0. The van der Waals surface area contributed by atoms with Crippen molar-refractivity contribution in [3.63, 3.8) is 0 Å². The number of hydrogen-bond acceptors (Lipinski definition) is 4. The van der Waals surface area contributed by atoms with E-state index in [1.54, 1.807) is 12.3 Å². The number of H-pyrrole nitrogens is 1. The largest absolute Gasteiger partial charge is 0.366 e. The predicted octanol–water partition coefficient (Wildman–Crippen LogP) is 2.32. The molecule has 0 atom stereocenters. The van der Waals surface area contributed by atoms with Crippen molar-refractivity contribution in [1.82, 2.24) is 15.0 Å². The smallest absolute Gasteiger partial charge is 0.249 e. The van der Waals surface area contributed by atoms with Crippen LogP contribution in [-0.2, 0) is 13.0 Å². The Kier molecular flexibility index (Phi) is 3.45. The lowest BCUT2D eigenvalue weighted by atomic mass is 9.96. The van der Waals surface area contributed by atoms with E-state index in [9.17, 15) is 4.79 Å². The number of nitrogens with zero attached hydrogens (tertiary/aromatic N) is 3. The second-order valence-electron chi connectivity index (χ2n) is 6.20. The molecule has 122 valence electrons. The van der Waals surface area contributed by atoms with Crippen LogP contribution in [-0.4, -0.2) is 27.4 Å². The molecule has 3 aromatic rings. The number of carbonyl (C=O) groups is 1. The topological polar surface area (TPSA) is 87.9 Å². The number of nitrogens with one attached hydrogen (secondary N) is 1. The summed E-state index contributed by atoms with van der Waals surface area (Å²) in [7, 11) is 0. The lowest BCUT2D eigenvalue weighted by Gasteiger charge is -2.31. The van der Waals surface area contributed by atoms with Crippen LogP contribution in [0, 0.1) is 6.92 Å². The Balaban J connectivity index is 1.70. The van der Waals surface area contributed by atoms with E-state index in [2.05, 4.69) is 19.9 Å². The lowest BCUT2D eigenvalue weighted by Crippen LogP contribution is -2.30. The van der Waals surface area contributed by atoms with Crippen molar-refractivity contribution in [2.24, 2.45) is 5.73 Å². The molecule has 6 heteroatoms. The minimum absolute atomic E-state index is 0.364. The maximum atomic E-state index is 11.7. The summed E-state index contributed by atoms with van der Waals surface area (Å²) in [6, 6.07) is 7.72. The Labute approximate surface area is 139 Å². The summed E-state index contributed by atoms with van der Waals surface area (Å²) in [6.45, 7) is 3.63. The van der Waals surface area contributed by atoms with Gasteiger partial charge in [0.1, 0.15) is 5.82 Å². The number of carbonyl (C=O) groups excluding carboxylic acids is 1. The van der Waals surface area contributed by atoms with E-state index in [0.717, 1.165) is 53.2 Å². The molecule has 3 N–H and O–H groups in total. The molecule has 3 heterocycles. The first-order chi connectivity index (χ1) is 11.6. The molecule has 24 heavy (non-hydrogen) atoms. The highest BCUT2D eigenvalue weighted by molar-refractivity contribution is 5.96. The number of benzene rings is 1. The summed E-state index contributed by atoms with van der Waals surface area (Å²) in [5.74, 6) is 0.515. The highest BCUT2D eigenvalue weighted by Crippen LogP contribution is 2.30. The van der Waals surface area contributed by atoms with Crippen molar-refractivity contribution < 1.29 is 4.79 Å². The van der Waals surface area contributed by atoms with E-state index in [1.807, 2.05) is 25.1 Å². The van der Waals surface area contributed by atoms with E-state index in [-0.39, 0.29) is 5.91 Å². The third-order valence-electron chi connectivity index (χ3n) is 4.60. The second kappa shape index (κ2) is 5.63. The Bertz CT molecular complexity index is 930. The normalized spacial score (nSPS) is 14.0. The van der Waals surface area contributed by atoms with Crippen LogP contribution < -0.4 is 10.6 Å². The van der Waals surface area contributed by atoms with Gasteiger partial charge in [0.05, 0.1) is 12.1 Å². The van der Waals surface area contributed by atoms with Gasteiger partial charge in [-0.25, -0.2) is 9.97 Å². The first-order valence-electron chi connectivity index (χ1n) is 8.10. The van der Waals surface area contributed by atoms with Gasteiger partial charge in [-0.05, 0) is 49.1 Å². The number of primary amides is 1. The number of amides is 1. The van der Waals surface area contributed by atoms with Crippen LogP contribution in [0.15, 0.2) is 30.5 Å². The zero-order valence-corrected chi connectivity index (χ0v) is 13.5. The number of rotatable bonds is 3. The highest BCUT2D eigenvalue weighted by Gasteiger charge is 2.22. The number of aromatic amines is 1. The molecule has 0 aliphatic carbocycles. The molecule has 1 aliphatic heterocycles. The minimum atomic E-state index is -0.364. The predicted molar refractivity (Wildman–Crippen MR) is 93.0 cm³/mol. The number of fused-ring (bicyclic) bond motifs is 2. The van der Waals surface area contributed by atoms with Gasteiger partial charge >= 0.3 is 0 Å². The van der Waals surface area contributed by atoms with Gasteiger partial charge in [-0.1, -0.05) is 6.07 Å². The Morgan fingerprint density at radius 3 is 3.04 bits per heavy atom. The van der Waals surface area contributed by atoms with Crippen molar-refractivity contribution in [3.8, 4) is 0 Å². The van der Waals surface area contributed by atoms with Gasteiger partial charge in [0.15, 0.2) is 5.65 Å². The standard InChI is InChI=1S/C18H19N5O/c1-11-7-8-20-18-16(11)21-15(22-18)10-23-9-3-5-12-13(17(19)24)4-2-6-14(12)23/h2,4,6-8H,3,5,9-10H2,1H3,(H2,19,24)(H,20,21,22). The van der Waals surface area contributed by atoms with Gasteiger partial charge < -0.3 is 15.6 Å². The molecule has 0 radical (unpaired) electrons. The van der Waals surface area contributed by atoms with E-state index in [4.69, 9.17) is 5.73 Å². The molecule has 0 saturated carbocycles. The monoisotopic (exact) mass is 321 g/mol. The van der Waals surface area contributed by atoms with E-state index >= 15 is 0 Å². The maximum Gasteiger partial charge on any atom is 0.249 e. The van der Waals surface area contributed by atoms with Crippen LogP contribution in [0.5, 0.6) is 0 Å². The molecular weight excluding hydrogens is 302 g/mol. The Morgan fingerprint density at radius 1 is 1.38 bits per heavy atom. The molecule has 4 rings (SSSR count).